The van der Waals surface area contributed by atoms with Crippen molar-refractivity contribution in [3.05, 3.63) is 134 Å². The normalized spacial score (nSPS) is 11.4. The van der Waals surface area contributed by atoms with Gasteiger partial charge < -0.3 is 4.90 Å². The molecule has 218 valence electrons. The van der Waals surface area contributed by atoms with E-state index in [2.05, 4.69) is 43.0 Å². The Balaban J connectivity index is 1.77. The number of hydrogen-bond acceptors (Lipinski definition) is 3. The Labute approximate surface area is 247 Å². The SMILES string of the molecule is CCCN(CCC)c1ccc(C(c2c(C)n(C)n(-c3ccccc3)c2=O)c2c(C)n(C)n(-c3ccccc3)c2=O)cc1. The van der Waals surface area contributed by atoms with Crippen LogP contribution in [0.5, 0.6) is 0 Å². The molecule has 0 aliphatic heterocycles. The molecule has 2 aromatic heterocycles. The van der Waals surface area contributed by atoms with E-state index in [1.54, 1.807) is 9.36 Å². The highest BCUT2D eigenvalue weighted by Crippen LogP contribution is 2.34. The molecule has 5 aromatic rings. The van der Waals surface area contributed by atoms with Gasteiger partial charge in [-0.2, -0.15) is 0 Å². The van der Waals surface area contributed by atoms with Crippen LogP contribution in [0.15, 0.2) is 94.5 Å². The lowest BCUT2D eigenvalue weighted by atomic mass is 9.85. The maximum Gasteiger partial charge on any atom is 0.275 e. The summed E-state index contributed by atoms with van der Waals surface area (Å²) < 4.78 is 7.19. The van der Waals surface area contributed by atoms with Crippen molar-refractivity contribution in [3.63, 3.8) is 0 Å². The van der Waals surface area contributed by atoms with Crippen LogP contribution in [0.4, 0.5) is 5.69 Å². The summed E-state index contributed by atoms with van der Waals surface area (Å²) in [5.41, 5.74) is 6.27. The minimum absolute atomic E-state index is 0.122. The third-order valence-electron chi connectivity index (χ3n) is 8.35. The lowest BCUT2D eigenvalue weighted by Gasteiger charge is -2.25. The standard InChI is InChI=1S/C35H41N5O2/c1-7-23-38(24-8-2)28-21-19-27(20-22-28)33(31-25(3)36(5)39(34(31)41)29-15-11-9-12-16-29)32-26(4)37(6)40(35(32)42)30-17-13-10-14-18-30/h9-22,33H,7-8,23-24H2,1-6H3. The van der Waals surface area contributed by atoms with Crippen LogP contribution in [0.3, 0.4) is 0 Å². The van der Waals surface area contributed by atoms with Gasteiger partial charge in [0, 0.05) is 50.2 Å². The van der Waals surface area contributed by atoms with Crippen molar-refractivity contribution < 1.29 is 0 Å². The Kier molecular flexibility index (Phi) is 8.39. The predicted octanol–water partition coefficient (Wildman–Crippen LogP) is 6.09. The molecule has 0 N–H and O–H groups in total. The zero-order valence-corrected chi connectivity index (χ0v) is 25.5. The van der Waals surface area contributed by atoms with Crippen molar-refractivity contribution in [1.82, 2.24) is 18.7 Å². The average Bonchev–Trinajstić information content (AvgIpc) is 3.36. The van der Waals surface area contributed by atoms with Crippen molar-refractivity contribution in [2.45, 2.75) is 46.5 Å². The van der Waals surface area contributed by atoms with Gasteiger partial charge >= 0.3 is 0 Å². The first kappa shape index (κ1) is 29.0. The Morgan fingerprint density at radius 3 is 1.40 bits per heavy atom. The first-order valence-electron chi connectivity index (χ1n) is 14.8. The molecule has 7 nitrogen and oxygen atoms in total. The Bertz CT molecular complexity index is 1660. The fraction of sp³-hybridized carbons (Fsp3) is 0.314. The van der Waals surface area contributed by atoms with Crippen molar-refractivity contribution in [2.75, 3.05) is 18.0 Å². The van der Waals surface area contributed by atoms with Crippen LogP contribution in [-0.4, -0.2) is 31.8 Å². The van der Waals surface area contributed by atoms with Gasteiger partial charge in [0.05, 0.1) is 22.5 Å². The third kappa shape index (κ3) is 5.04. The highest BCUT2D eigenvalue weighted by Gasteiger charge is 2.32. The number of benzene rings is 3. The summed E-state index contributed by atoms with van der Waals surface area (Å²) in [7, 11) is 3.81. The van der Waals surface area contributed by atoms with Gasteiger partial charge in [0.2, 0.25) is 0 Å². The van der Waals surface area contributed by atoms with Crippen LogP contribution >= 0.6 is 0 Å². The molecule has 5 rings (SSSR count). The van der Waals surface area contributed by atoms with Gasteiger partial charge in [-0.05, 0) is 68.7 Å². The van der Waals surface area contributed by atoms with E-state index in [0.717, 1.165) is 59.9 Å². The quantitative estimate of drug-likeness (QED) is 0.207. The van der Waals surface area contributed by atoms with Crippen molar-refractivity contribution >= 4 is 5.69 Å². The van der Waals surface area contributed by atoms with E-state index in [-0.39, 0.29) is 11.1 Å². The fourth-order valence-electron chi connectivity index (χ4n) is 6.11. The van der Waals surface area contributed by atoms with Crippen LogP contribution in [0, 0.1) is 13.8 Å². The number of para-hydroxylation sites is 2. The van der Waals surface area contributed by atoms with E-state index in [1.807, 2.05) is 98.0 Å². The monoisotopic (exact) mass is 563 g/mol. The first-order valence-corrected chi connectivity index (χ1v) is 14.8. The van der Waals surface area contributed by atoms with E-state index in [0.29, 0.717) is 11.1 Å². The summed E-state index contributed by atoms with van der Waals surface area (Å²) >= 11 is 0. The predicted molar refractivity (Wildman–Crippen MR) is 172 cm³/mol. The zero-order chi connectivity index (χ0) is 30.0. The summed E-state index contributed by atoms with van der Waals surface area (Å²) in [6, 6.07) is 27.8. The van der Waals surface area contributed by atoms with Crippen molar-refractivity contribution in [3.8, 4) is 11.4 Å². The van der Waals surface area contributed by atoms with Gasteiger partial charge in [-0.25, -0.2) is 9.36 Å². The van der Waals surface area contributed by atoms with Crippen LogP contribution in [0.2, 0.25) is 0 Å². The first-order chi connectivity index (χ1) is 20.3. The molecule has 0 spiro atoms. The molecule has 0 fully saturated rings. The molecule has 0 aliphatic rings. The highest BCUT2D eigenvalue weighted by molar-refractivity contribution is 5.53. The van der Waals surface area contributed by atoms with Gasteiger partial charge in [0.15, 0.2) is 0 Å². The third-order valence-corrected chi connectivity index (χ3v) is 8.35. The lowest BCUT2D eigenvalue weighted by Crippen LogP contribution is -2.27. The molecule has 0 aliphatic carbocycles. The summed E-state index contributed by atoms with van der Waals surface area (Å²) in [4.78, 5) is 31.1. The maximum atomic E-state index is 14.3. The summed E-state index contributed by atoms with van der Waals surface area (Å²) in [6.07, 6.45) is 2.13. The van der Waals surface area contributed by atoms with Gasteiger partial charge in [-0.15, -0.1) is 0 Å². The molecule has 3 aromatic carbocycles. The van der Waals surface area contributed by atoms with Crippen LogP contribution < -0.4 is 16.0 Å². The van der Waals surface area contributed by atoms with Crippen LogP contribution in [0.1, 0.15) is 60.7 Å². The van der Waals surface area contributed by atoms with E-state index in [9.17, 15) is 9.59 Å². The molecule has 0 radical (unpaired) electrons. The fourth-order valence-corrected chi connectivity index (χ4v) is 6.11. The molecule has 0 saturated heterocycles. The van der Waals surface area contributed by atoms with E-state index < -0.39 is 5.92 Å². The number of rotatable bonds is 10. The second-order valence-corrected chi connectivity index (χ2v) is 11.0. The van der Waals surface area contributed by atoms with Gasteiger partial charge in [-0.3, -0.25) is 19.0 Å². The Hall–Kier alpha value is -4.52. The van der Waals surface area contributed by atoms with E-state index >= 15 is 0 Å². The van der Waals surface area contributed by atoms with Gasteiger partial charge in [0.25, 0.3) is 11.1 Å². The average molecular weight is 564 g/mol. The number of aromatic nitrogens is 4. The number of anilines is 1. The van der Waals surface area contributed by atoms with E-state index in [1.165, 1.54) is 0 Å². The molecule has 0 bridgehead atoms. The Morgan fingerprint density at radius 1 is 0.619 bits per heavy atom. The smallest absolute Gasteiger partial charge is 0.275 e. The number of hydrogen-bond donors (Lipinski definition) is 0. The summed E-state index contributed by atoms with van der Waals surface area (Å²) in [5.74, 6) is -0.544. The summed E-state index contributed by atoms with van der Waals surface area (Å²) in [6.45, 7) is 10.3. The molecular weight excluding hydrogens is 522 g/mol. The molecule has 0 amide bonds. The van der Waals surface area contributed by atoms with Crippen molar-refractivity contribution in [2.24, 2.45) is 14.1 Å². The second-order valence-electron chi connectivity index (χ2n) is 11.0. The molecule has 0 atom stereocenters. The van der Waals surface area contributed by atoms with Gasteiger partial charge in [-0.1, -0.05) is 62.4 Å². The molecule has 0 unspecified atom stereocenters. The molecule has 7 heteroatoms. The largest absolute Gasteiger partial charge is 0.372 e. The minimum Gasteiger partial charge on any atom is -0.372 e. The van der Waals surface area contributed by atoms with Crippen LogP contribution in [0.25, 0.3) is 11.4 Å². The maximum absolute atomic E-state index is 14.3. The number of nitrogens with zero attached hydrogens (tertiary/aromatic N) is 5. The lowest BCUT2D eigenvalue weighted by molar-refractivity contribution is 0.630. The van der Waals surface area contributed by atoms with E-state index in [4.69, 9.17) is 0 Å². The van der Waals surface area contributed by atoms with Crippen LogP contribution in [-0.2, 0) is 14.1 Å². The molecular formula is C35H41N5O2. The molecule has 2 heterocycles. The molecule has 42 heavy (non-hydrogen) atoms. The zero-order valence-electron chi connectivity index (χ0n) is 25.5. The second kappa shape index (κ2) is 12.1. The molecule has 0 saturated carbocycles. The topological polar surface area (TPSA) is 57.1 Å². The Morgan fingerprint density at radius 2 is 1.02 bits per heavy atom. The summed E-state index contributed by atoms with van der Waals surface area (Å²) in [5, 5.41) is 0. The minimum atomic E-state index is -0.544. The van der Waals surface area contributed by atoms with Gasteiger partial charge in [0.1, 0.15) is 0 Å². The highest BCUT2D eigenvalue weighted by atomic mass is 16.1. The van der Waals surface area contributed by atoms with Crippen molar-refractivity contribution in [1.29, 1.82) is 0 Å².